The minimum atomic E-state index is -0.115. The van der Waals surface area contributed by atoms with Crippen molar-refractivity contribution >= 4 is 27.8 Å². The molecule has 1 aliphatic rings. The second kappa shape index (κ2) is 6.88. The number of hydrogen-bond acceptors (Lipinski definition) is 5. The van der Waals surface area contributed by atoms with Gasteiger partial charge in [-0.05, 0) is 24.3 Å². The smallest absolute Gasteiger partial charge is 0.274 e. The predicted octanol–water partition coefficient (Wildman–Crippen LogP) is 3.47. The van der Waals surface area contributed by atoms with Gasteiger partial charge in [0.25, 0.3) is 5.91 Å². The maximum atomic E-state index is 12.8. The Hall–Kier alpha value is -3.54. The first-order valence-electron chi connectivity index (χ1n) is 9.30. The van der Waals surface area contributed by atoms with Crippen LogP contribution in [0, 0.1) is 0 Å². The lowest BCUT2D eigenvalue weighted by atomic mass is 10.2. The van der Waals surface area contributed by atoms with Gasteiger partial charge >= 0.3 is 0 Å². The first kappa shape index (κ1) is 16.6. The topological polar surface area (TPSA) is 68.2 Å². The molecule has 6 nitrogen and oxygen atoms in total. The van der Waals surface area contributed by atoms with Crippen LogP contribution in [-0.4, -0.2) is 45.0 Å². The van der Waals surface area contributed by atoms with Crippen LogP contribution in [0.1, 0.15) is 16.9 Å². The molecule has 0 aliphatic carbocycles. The molecule has 1 amide bonds. The molecule has 5 rings (SSSR count). The zero-order valence-corrected chi connectivity index (χ0v) is 15.2. The maximum absolute atomic E-state index is 12.8. The van der Waals surface area contributed by atoms with E-state index in [0.29, 0.717) is 24.7 Å². The van der Waals surface area contributed by atoms with Gasteiger partial charge in [0.2, 0.25) is 5.88 Å². The normalized spacial score (nSPS) is 16.6. The van der Waals surface area contributed by atoms with Crippen LogP contribution < -0.4 is 4.74 Å². The fourth-order valence-corrected chi connectivity index (χ4v) is 3.51. The highest BCUT2D eigenvalue weighted by Gasteiger charge is 2.29. The molecule has 1 fully saturated rings. The van der Waals surface area contributed by atoms with Crippen LogP contribution in [0.2, 0.25) is 0 Å². The lowest BCUT2D eigenvalue weighted by Crippen LogP contribution is -2.31. The summed E-state index contributed by atoms with van der Waals surface area (Å²) >= 11 is 0. The molecule has 138 valence electrons. The minimum absolute atomic E-state index is 0.0778. The molecule has 4 aromatic rings. The minimum Gasteiger partial charge on any atom is -0.472 e. The Morgan fingerprint density at radius 2 is 1.71 bits per heavy atom. The lowest BCUT2D eigenvalue weighted by molar-refractivity contribution is 0.0765. The quantitative estimate of drug-likeness (QED) is 0.552. The number of rotatable bonds is 3. The average molecular weight is 370 g/mol. The van der Waals surface area contributed by atoms with E-state index in [1.165, 1.54) is 0 Å². The molecule has 0 saturated carbocycles. The summed E-state index contributed by atoms with van der Waals surface area (Å²) in [5, 5.41) is 1.08. The highest BCUT2D eigenvalue weighted by molar-refractivity contribution is 5.94. The number of nitrogens with zero attached hydrogens (tertiary/aromatic N) is 4. The predicted molar refractivity (Wildman–Crippen MR) is 106 cm³/mol. The zero-order valence-electron chi connectivity index (χ0n) is 15.2. The monoisotopic (exact) mass is 370 g/mol. The van der Waals surface area contributed by atoms with Gasteiger partial charge in [0.15, 0.2) is 0 Å². The number of carbonyl (C=O) groups excluding carboxylic acids is 1. The highest BCUT2D eigenvalue weighted by atomic mass is 16.5. The van der Waals surface area contributed by atoms with Crippen molar-refractivity contribution in [2.45, 2.75) is 12.5 Å². The van der Waals surface area contributed by atoms with Gasteiger partial charge in [-0.1, -0.05) is 30.3 Å². The molecule has 28 heavy (non-hydrogen) atoms. The average Bonchev–Trinajstić information content (AvgIpc) is 3.21. The summed E-state index contributed by atoms with van der Waals surface area (Å²) in [6.45, 7) is 1.15. The van der Waals surface area contributed by atoms with Crippen LogP contribution in [0.4, 0.5) is 0 Å². The molecule has 1 saturated heterocycles. The summed E-state index contributed by atoms with van der Waals surface area (Å²) in [4.78, 5) is 27.9. The summed E-state index contributed by atoms with van der Waals surface area (Å²) in [5.41, 5.74) is 2.77. The van der Waals surface area contributed by atoms with Crippen LogP contribution in [0.15, 0.2) is 66.9 Å². The van der Waals surface area contributed by atoms with E-state index in [-0.39, 0.29) is 12.0 Å². The molecular weight excluding hydrogens is 352 g/mol. The Labute approximate surface area is 161 Å². The molecule has 0 N–H and O–H groups in total. The molecule has 3 heterocycles. The summed E-state index contributed by atoms with van der Waals surface area (Å²) in [7, 11) is 0. The number of aromatic nitrogens is 3. The van der Waals surface area contributed by atoms with E-state index in [9.17, 15) is 4.79 Å². The molecule has 1 unspecified atom stereocenters. The Morgan fingerprint density at radius 3 is 2.61 bits per heavy atom. The SMILES string of the molecule is O=C(c1cnc2ccccc2n1)N1CCC(Oc2ccc3ccccc3n2)C1. The van der Waals surface area contributed by atoms with Crippen molar-refractivity contribution in [3.05, 3.63) is 72.6 Å². The number of para-hydroxylation sites is 3. The lowest BCUT2D eigenvalue weighted by Gasteiger charge is -2.16. The van der Waals surface area contributed by atoms with Gasteiger partial charge in [-0.15, -0.1) is 0 Å². The van der Waals surface area contributed by atoms with E-state index in [4.69, 9.17) is 4.74 Å². The zero-order chi connectivity index (χ0) is 18.9. The third kappa shape index (κ3) is 3.13. The van der Waals surface area contributed by atoms with E-state index < -0.39 is 0 Å². The summed E-state index contributed by atoms with van der Waals surface area (Å²) in [5.74, 6) is 0.472. The first-order valence-corrected chi connectivity index (χ1v) is 9.30. The van der Waals surface area contributed by atoms with Gasteiger partial charge in [0, 0.05) is 24.4 Å². The van der Waals surface area contributed by atoms with Crippen molar-refractivity contribution < 1.29 is 9.53 Å². The van der Waals surface area contributed by atoms with Crippen molar-refractivity contribution in [2.24, 2.45) is 0 Å². The molecule has 0 spiro atoms. The number of likely N-dealkylation sites (tertiary alicyclic amines) is 1. The van der Waals surface area contributed by atoms with Crippen molar-refractivity contribution in [3.8, 4) is 5.88 Å². The Bertz CT molecular complexity index is 1180. The van der Waals surface area contributed by atoms with Gasteiger partial charge in [-0.2, -0.15) is 0 Å². The number of pyridine rings is 1. The van der Waals surface area contributed by atoms with E-state index in [1.807, 2.05) is 60.7 Å². The second-order valence-electron chi connectivity index (χ2n) is 6.87. The standard InChI is InChI=1S/C22H18N4O2/c27-22(20-13-23-18-7-3-4-8-19(18)24-20)26-12-11-16(14-26)28-21-10-9-15-5-1-2-6-17(15)25-21/h1-10,13,16H,11-12,14H2. The van der Waals surface area contributed by atoms with Crippen molar-refractivity contribution in [1.82, 2.24) is 19.9 Å². The third-order valence-electron chi connectivity index (χ3n) is 4.96. The van der Waals surface area contributed by atoms with Gasteiger partial charge in [-0.3, -0.25) is 9.78 Å². The van der Waals surface area contributed by atoms with Crippen LogP contribution in [0.3, 0.4) is 0 Å². The number of fused-ring (bicyclic) bond motifs is 2. The summed E-state index contributed by atoms with van der Waals surface area (Å²) in [6.07, 6.45) is 2.23. The molecule has 1 atom stereocenters. The van der Waals surface area contributed by atoms with E-state index >= 15 is 0 Å². The Kier molecular flexibility index (Phi) is 4.09. The molecular formula is C22H18N4O2. The molecule has 0 radical (unpaired) electrons. The van der Waals surface area contributed by atoms with Crippen LogP contribution in [0.5, 0.6) is 5.88 Å². The van der Waals surface area contributed by atoms with Crippen molar-refractivity contribution in [3.63, 3.8) is 0 Å². The molecule has 1 aliphatic heterocycles. The fourth-order valence-electron chi connectivity index (χ4n) is 3.51. The van der Waals surface area contributed by atoms with E-state index in [2.05, 4.69) is 15.0 Å². The third-order valence-corrected chi connectivity index (χ3v) is 4.96. The molecule has 2 aromatic carbocycles. The van der Waals surface area contributed by atoms with Crippen molar-refractivity contribution in [2.75, 3.05) is 13.1 Å². The second-order valence-corrected chi connectivity index (χ2v) is 6.87. The number of amides is 1. The Balaban J connectivity index is 1.29. The highest BCUT2D eigenvalue weighted by Crippen LogP contribution is 2.21. The largest absolute Gasteiger partial charge is 0.472 e. The van der Waals surface area contributed by atoms with Gasteiger partial charge in [-0.25, -0.2) is 9.97 Å². The number of ether oxygens (including phenoxy) is 1. The molecule has 2 aromatic heterocycles. The van der Waals surface area contributed by atoms with E-state index in [1.54, 1.807) is 11.1 Å². The molecule has 0 bridgehead atoms. The van der Waals surface area contributed by atoms with Crippen molar-refractivity contribution in [1.29, 1.82) is 0 Å². The Morgan fingerprint density at radius 1 is 0.929 bits per heavy atom. The number of carbonyl (C=O) groups is 1. The van der Waals surface area contributed by atoms with Gasteiger partial charge in [0.05, 0.1) is 29.3 Å². The fraction of sp³-hybridized carbons (Fsp3) is 0.182. The maximum Gasteiger partial charge on any atom is 0.274 e. The first-order chi connectivity index (χ1) is 13.8. The summed E-state index contributed by atoms with van der Waals surface area (Å²) in [6, 6.07) is 19.3. The number of hydrogen-bond donors (Lipinski definition) is 0. The van der Waals surface area contributed by atoms with Crippen LogP contribution in [0.25, 0.3) is 21.9 Å². The van der Waals surface area contributed by atoms with Gasteiger partial charge < -0.3 is 9.64 Å². The summed E-state index contributed by atoms with van der Waals surface area (Å²) < 4.78 is 6.03. The molecule has 6 heteroatoms. The van der Waals surface area contributed by atoms with Crippen LogP contribution in [-0.2, 0) is 0 Å². The number of benzene rings is 2. The van der Waals surface area contributed by atoms with Gasteiger partial charge in [0.1, 0.15) is 11.8 Å². The van der Waals surface area contributed by atoms with E-state index in [0.717, 1.165) is 28.4 Å². The van der Waals surface area contributed by atoms with Crippen LogP contribution >= 0.6 is 0 Å².